The maximum Gasteiger partial charge on any atom is 0.225 e. The number of thiophene rings is 1. The van der Waals surface area contributed by atoms with Crippen LogP contribution in [-0.4, -0.2) is 15.5 Å². The van der Waals surface area contributed by atoms with Gasteiger partial charge in [0.25, 0.3) is 0 Å². The molecule has 96 valence electrons. The summed E-state index contributed by atoms with van der Waals surface area (Å²) in [5.41, 5.74) is 0.0699. The summed E-state index contributed by atoms with van der Waals surface area (Å²) in [5.74, 6) is 1.60. The van der Waals surface area contributed by atoms with Gasteiger partial charge in [-0.25, -0.2) is 9.97 Å². The Morgan fingerprint density at radius 3 is 2.78 bits per heavy atom. The molecule has 3 rings (SSSR count). The summed E-state index contributed by atoms with van der Waals surface area (Å²) in [6.07, 6.45) is 2.59. The Morgan fingerprint density at radius 2 is 2.11 bits per heavy atom. The molecule has 5 heteroatoms. The third kappa shape index (κ3) is 2.19. The second-order valence-corrected chi connectivity index (χ2v) is 7.11. The molecule has 1 aliphatic rings. The lowest BCUT2D eigenvalue weighted by atomic mass is 9.99. The van der Waals surface area contributed by atoms with Crippen molar-refractivity contribution in [2.24, 2.45) is 5.92 Å². The van der Waals surface area contributed by atoms with Crippen LogP contribution < -0.4 is 5.32 Å². The van der Waals surface area contributed by atoms with Crippen LogP contribution in [0.25, 0.3) is 10.2 Å². The highest BCUT2D eigenvalue weighted by Gasteiger charge is 2.38. The Bertz CT molecular complexity index is 602. The fourth-order valence-corrected chi connectivity index (χ4v) is 3.42. The topological polar surface area (TPSA) is 37.8 Å². The van der Waals surface area contributed by atoms with E-state index in [0.717, 1.165) is 22.0 Å². The summed E-state index contributed by atoms with van der Waals surface area (Å²) in [4.78, 5) is 10.8. The van der Waals surface area contributed by atoms with Crippen molar-refractivity contribution in [2.45, 2.75) is 39.2 Å². The molecule has 1 aliphatic carbocycles. The number of aromatic nitrogens is 2. The summed E-state index contributed by atoms with van der Waals surface area (Å²) in [7, 11) is 0. The van der Waals surface area contributed by atoms with E-state index in [0.29, 0.717) is 5.28 Å². The first kappa shape index (κ1) is 12.2. The third-order valence-corrected chi connectivity index (χ3v) is 4.64. The maximum absolute atomic E-state index is 6.00. The van der Waals surface area contributed by atoms with Crippen LogP contribution in [0.3, 0.4) is 0 Å². The van der Waals surface area contributed by atoms with Gasteiger partial charge >= 0.3 is 0 Å². The first-order chi connectivity index (χ1) is 8.45. The van der Waals surface area contributed by atoms with Gasteiger partial charge in [-0.15, -0.1) is 11.3 Å². The molecule has 1 fully saturated rings. The molecule has 1 saturated carbocycles. The van der Waals surface area contributed by atoms with Gasteiger partial charge in [-0.3, -0.25) is 0 Å². The number of rotatable bonds is 3. The van der Waals surface area contributed by atoms with Crippen molar-refractivity contribution >= 4 is 39.0 Å². The first-order valence-electron chi connectivity index (χ1n) is 6.17. The smallest absolute Gasteiger partial charge is 0.225 e. The Kier molecular flexibility index (Phi) is 2.75. The summed E-state index contributed by atoms with van der Waals surface area (Å²) in [5, 5.41) is 4.95. The van der Waals surface area contributed by atoms with Crippen LogP contribution in [0.1, 0.15) is 31.6 Å². The van der Waals surface area contributed by atoms with Crippen molar-refractivity contribution in [1.82, 2.24) is 9.97 Å². The molecular weight excluding hydrogens is 266 g/mol. The van der Waals surface area contributed by atoms with Gasteiger partial charge in [0, 0.05) is 10.4 Å². The summed E-state index contributed by atoms with van der Waals surface area (Å²) in [6.45, 7) is 6.54. The number of nitrogens with zero attached hydrogens (tertiary/aromatic N) is 2. The standard InChI is InChI=1S/C13H16ClN3S/c1-7-6-9-10(15-12(14)16-11(9)18-7)17-13(2,3)8-4-5-8/h6,8H,4-5H2,1-3H3,(H,15,16,17). The van der Waals surface area contributed by atoms with Crippen LogP contribution >= 0.6 is 22.9 Å². The molecule has 0 bridgehead atoms. The van der Waals surface area contributed by atoms with Crippen molar-refractivity contribution < 1.29 is 0 Å². The molecule has 0 atom stereocenters. The molecular formula is C13H16ClN3S. The predicted molar refractivity (Wildman–Crippen MR) is 77.6 cm³/mol. The third-order valence-electron chi connectivity index (χ3n) is 3.53. The normalized spacial score (nSPS) is 16.2. The van der Waals surface area contributed by atoms with Gasteiger partial charge < -0.3 is 5.32 Å². The Labute approximate surface area is 116 Å². The maximum atomic E-state index is 6.00. The molecule has 2 aromatic rings. The van der Waals surface area contributed by atoms with E-state index in [1.807, 2.05) is 0 Å². The highest BCUT2D eigenvalue weighted by atomic mass is 35.5. The van der Waals surface area contributed by atoms with Gasteiger partial charge in [0.2, 0.25) is 5.28 Å². The minimum atomic E-state index is 0.0699. The van der Waals surface area contributed by atoms with Crippen molar-refractivity contribution in [3.63, 3.8) is 0 Å². The van der Waals surface area contributed by atoms with Crippen LogP contribution in [0.4, 0.5) is 5.82 Å². The number of halogens is 1. The fourth-order valence-electron chi connectivity index (χ4n) is 2.32. The Hall–Kier alpha value is -0.870. The van der Waals surface area contributed by atoms with E-state index in [1.54, 1.807) is 11.3 Å². The highest BCUT2D eigenvalue weighted by Crippen LogP contribution is 2.42. The van der Waals surface area contributed by atoms with Gasteiger partial charge in [0.15, 0.2) is 0 Å². The largest absolute Gasteiger partial charge is 0.364 e. The van der Waals surface area contributed by atoms with Gasteiger partial charge in [0.1, 0.15) is 10.6 Å². The molecule has 0 spiro atoms. The lowest BCUT2D eigenvalue weighted by molar-refractivity contribution is 0.493. The van der Waals surface area contributed by atoms with Gasteiger partial charge in [-0.2, -0.15) is 0 Å². The van der Waals surface area contributed by atoms with Crippen LogP contribution in [0.2, 0.25) is 5.28 Å². The molecule has 2 heterocycles. The fraction of sp³-hybridized carbons (Fsp3) is 0.538. The summed E-state index contributed by atoms with van der Waals surface area (Å²) >= 11 is 7.66. The number of aryl methyl sites for hydroxylation is 1. The van der Waals surface area contributed by atoms with Crippen molar-refractivity contribution in [1.29, 1.82) is 0 Å². The number of hydrogen-bond acceptors (Lipinski definition) is 4. The monoisotopic (exact) mass is 281 g/mol. The molecule has 18 heavy (non-hydrogen) atoms. The zero-order valence-corrected chi connectivity index (χ0v) is 12.3. The second kappa shape index (κ2) is 4.07. The average molecular weight is 282 g/mol. The first-order valence-corrected chi connectivity index (χ1v) is 7.37. The lowest BCUT2D eigenvalue weighted by Crippen LogP contribution is -2.33. The van der Waals surface area contributed by atoms with Crippen molar-refractivity contribution in [3.8, 4) is 0 Å². The number of hydrogen-bond donors (Lipinski definition) is 1. The van der Waals surface area contributed by atoms with E-state index in [4.69, 9.17) is 11.6 Å². The number of fused-ring (bicyclic) bond motifs is 1. The van der Waals surface area contributed by atoms with E-state index < -0.39 is 0 Å². The van der Waals surface area contributed by atoms with E-state index >= 15 is 0 Å². The molecule has 0 amide bonds. The van der Waals surface area contributed by atoms with Crippen LogP contribution in [0.15, 0.2) is 6.07 Å². The van der Waals surface area contributed by atoms with E-state index in [2.05, 4.69) is 42.1 Å². The Morgan fingerprint density at radius 1 is 1.39 bits per heavy atom. The molecule has 0 unspecified atom stereocenters. The lowest BCUT2D eigenvalue weighted by Gasteiger charge is -2.27. The van der Waals surface area contributed by atoms with E-state index in [-0.39, 0.29) is 5.54 Å². The van der Waals surface area contributed by atoms with Crippen molar-refractivity contribution in [3.05, 3.63) is 16.2 Å². The Balaban J connectivity index is 2.04. The van der Waals surface area contributed by atoms with Gasteiger partial charge in [-0.05, 0) is 57.2 Å². The molecule has 0 aliphatic heterocycles. The molecule has 1 N–H and O–H groups in total. The summed E-state index contributed by atoms with van der Waals surface area (Å²) in [6, 6.07) is 2.13. The number of nitrogens with one attached hydrogen (secondary N) is 1. The summed E-state index contributed by atoms with van der Waals surface area (Å²) < 4.78 is 0. The minimum absolute atomic E-state index is 0.0699. The van der Waals surface area contributed by atoms with E-state index in [9.17, 15) is 0 Å². The quantitative estimate of drug-likeness (QED) is 0.855. The van der Waals surface area contributed by atoms with Crippen LogP contribution in [0, 0.1) is 12.8 Å². The second-order valence-electron chi connectivity index (χ2n) is 5.54. The zero-order valence-electron chi connectivity index (χ0n) is 10.7. The predicted octanol–water partition coefficient (Wildman–Crippen LogP) is 4.25. The molecule has 0 aromatic carbocycles. The molecule has 2 aromatic heterocycles. The average Bonchev–Trinajstić information content (AvgIpc) is 3.02. The zero-order chi connectivity index (χ0) is 12.9. The number of anilines is 1. The van der Waals surface area contributed by atoms with Crippen LogP contribution in [-0.2, 0) is 0 Å². The van der Waals surface area contributed by atoms with Gasteiger partial charge in [-0.1, -0.05) is 0 Å². The molecule has 3 nitrogen and oxygen atoms in total. The highest BCUT2D eigenvalue weighted by molar-refractivity contribution is 7.18. The molecule has 0 saturated heterocycles. The van der Waals surface area contributed by atoms with E-state index in [1.165, 1.54) is 17.7 Å². The SMILES string of the molecule is Cc1cc2c(NC(C)(C)C3CC3)nc(Cl)nc2s1. The van der Waals surface area contributed by atoms with Crippen molar-refractivity contribution in [2.75, 3.05) is 5.32 Å². The van der Waals surface area contributed by atoms with Gasteiger partial charge in [0.05, 0.1) is 5.39 Å². The van der Waals surface area contributed by atoms with Crippen LogP contribution in [0.5, 0.6) is 0 Å². The minimum Gasteiger partial charge on any atom is -0.364 e. The molecule has 0 radical (unpaired) electrons.